The molecule has 3 heterocycles. The summed E-state index contributed by atoms with van der Waals surface area (Å²) >= 11 is 0. The van der Waals surface area contributed by atoms with E-state index in [1.807, 2.05) is 4.52 Å². The van der Waals surface area contributed by atoms with Gasteiger partial charge in [-0.2, -0.15) is 9.61 Å². The van der Waals surface area contributed by atoms with Crippen molar-refractivity contribution in [1.82, 2.24) is 24.7 Å². The Balaban J connectivity index is 1.28. The Bertz CT molecular complexity index is 706. The lowest BCUT2D eigenvalue weighted by Crippen LogP contribution is -2.36. The molecular weight excluding hydrogens is 298 g/mol. The molecule has 5 nitrogen and oxygen atoms in total. The fourth-order valence-electron chi connectivity index (χ4n) is 4.60. The van der Waals surface area contributed by atoms with Gasteiger partial charge >= 0.3 is 0 Å². The van der Waals surface area contributed by atoms with Crippen LogP contribution in [0.25, 0.3) is 5.65 Å². The van der Waals surface area contributed by atoms with Crippen LogP contribution in [0.2, 0.25) is 0 Å². The van der Waals surface area contributed by atoms with E-state index in [1.165, 1.54) is 76.7 Å². The molecule has 0 aromatic carbocycles. The number of nitrogens with zero attached hydrogens (tertiary/aromatic N) is 5. The maximum Gasteiger partial charge on any atom is 0.177 e. The van der Waals surface area contributed by atoms with Crippen LogP contribution in [0.5, 0.6) is 0 Å². The minimum atomic E-state index is 0.516. The first-order chi connectivity index (χ1) is 11.9. The van der Waals surface area contributed by atoms with Gasteiger partial charge in [0.1, 0.15) is 0 Å². The summed E-state index contributed by atoms with van der Waals surface area (Å²) in [6.07, 6.45) is 10.8. The Labute approximate surface area is 143 Å². The SMILES string of the molecule is c1cc2nnc(C3CCN(CC4CCCC4)CC3)n2nc1C1CC1. The molecule has 2 saturated carbocycles. The molecule has 0 radical (unpaired) electrons. The number of piperidine rings is 1. The second kappa shape index (κ2) is 6.10. The molecule has 0 atom stereocenters. The highest BCUT2D eigenvalue weighted by atomic mass is 15.4. The Kier molecular flexibility index (Phi) is 3.77. The summed E-state index contributed by atoms with van der Waals surface area (Å²) in [5.41, 5.74) is 2.13. The summed E-state index contributed by atoms with van der Waals surface area (Å²) in [7, 11) is 0. The van der Waals surface area contributed by atoms with E-state index in [9.17, 15) is 0 Å². The summed E-state index contributed by atoms with van der Waals surface area (Å²) < 4.78 is 2.03. The largest absolute Gasteiger partial charge is 0.303 e. The van der Waals surface area contributed by atoms with Gasteiger partial charge in [0.05, 0.1) is 5.69 Å². The summed E-state index contributed by atoms with van der Waals surface area (Å²) in [5, 5.41) is 13.7. The highest BCUT2D eigenvalue weighted by Gasteiger charge is 2.29. The van der Waals surface area contributed by atoms with Gasteiger partial charge in [-0.05, 0) is 69.7 Å². The highest BCUT2D eigenvalue weighted by molar-refractivity contribution is 5.38. The number of rotatable bonds is 4. The average Bonchev–Trinajstić information content (AvgIpc) is 3.18. The van der Waals surface area contributed by atoms with E-state index >= 15 is 0 Å². The summed E-state index contributed by atoms with van der Waals surface area (Å²) in [6, 6.07) is 4.22. The first kappa shape index (κ1) is 14.8. The lowest BCUT2D eigenvalue weighted by atomic mass is 9.95. The van der Waals surface area contributed by atoms with Crippen LogP contribution in [-0.2, 0) is 0 Å². The van der Waals surface area contributed by atoms with Gasteiger partial charge in [0.2, 0.25) is 0 Å². The van der Waals surface area contributed by atoms with Crippen LogP contribution >= 0.6 is 0 Å². The van der Waals surface area contributed by atoms with E-state index in [1.54, 1.807) is 0 Å². The van der Waals surface area contributed by atoms with E-state index in [2.05, 4.69) is 27.2 Å². The number of likely N-dealkylation sites (tertiary alicyclic amines) is 1. The molecule has 5 heteroatoms. The van der Waals surface area contributed by atoms with Gasteiger partial charge < -0.3 is 4.90 Å². The van der Waals surface area contributed by atoms with Gasteiger partial charge in [0.25, 0.3) is 0 Å². The van der Waals surface area contributed by atoms with Gasteiger partial charge in [-0.1, -0.05) is 12.8 Å². The van der Waals surface area contributed by atoms with Crippen molar-refractivity contribution in [2.45, 2.75) is 63.2 Å². The van der Waals surface area contributed by atoms with Gasteiger partial charge in [0, 0.05) is 18.4 Å². The number of hydrogen-bond donors (Lipinski definition) is 0. The van der Waals surface area contributed by atoms with E-state index in [0.717, 1.165) is 17.4 Å². The third kappa shape index (κ3) is 2.83. The molecule has 0 N–H and O–H groups in total. The summed E-state index contributed by atoms with van der Waals surface area (Å²) in [6.45, 7) is 3.73. The van der Waals surface area contributed by atoms with Gasteiger partial charge in [0.15, 0.2) is 11.5 Å². The van der Waals surface area contributed by atoms with Crippen LogP contribution in [0, 0.1) is 5.92 Å². The second-order valence-corrected chi connectivity index (χ2v) is 8.09. The lowest BCUT2D eigenvalue weighted by Gasteiger charge is -2.32. The van der Waals surface area contributed by atoms with Crippen molar-refractivity contribution >= 4 is 5.65 Å². The first-order valence-electron chi connectivity index (χ1n) is 9.81. The average molecular weight is 325 g/mol. The predicted octanol–water partition coefficient (Wildman–Crippen LogP) is 3.37. The van der Waals surface area contributed by atoms with Crippen LogP contribution in [0.1, 0.15) is 74.7 Å². The minimum Gasteiger partial charge on any atom is -0.303 e. The zero-order valence-electron chi connectivity index (χ0n) is 14.4. The zero-order chi connectivity index (χ0) is 15.9. The highest BCUT2D eigenvalue weighted by Crippen LogP contribution is 2.39. The molecule has 128 valence electrons. The molecule has 3 aliphatic rings. The van der Waals surface area contributed by atoms with Crippen LogP contribution in [0.15, 0.2) is 12.1 Å². The third-order valence-corrected chi connectivity index (χ3v) is 6.25. The Morgan fingerprint density at radius 1 is 0.875 bits per heavy atom. The number of fused-ring (bicyclic) bond motifs is 1. The maximum absolute atomic E-state index is 4.85. The van der Waals surface area contributed by atoms with E-state index in [4.69, 9.17) is 5.10 Å². The Morgan fingerprint density at radius 3 is 2.42 bits per heavy atom. The normalized spacial score (nSPS) is 24.2. The monoisotopic (exact) mass is 325 g/mol. The zero-order valence-corrected chi connectivity index (χ0v) is 14.4. The van der Waals surface area contributed by atoms with Crippen LogP contribution in [0.4, 0.5) is 0 Å². The topological polar surface area (TPSA) is 46.3 Å². The molecule has 0 amide bonds. The molecule has 2 aliphatic carbocycles. The molecule has 24 heavy (non-hydrogen) atoms. The number of hydrogen-bond acceptors (Lipinski definition) is 4. The van der Waals surface area contributed by atoms with Crippen molar-refractivity contribution < 1.29 is 0 Å². The molecular formula is C19H27N5. The Hall–Kier alpha value is -1.49. The van der Waals surface area contributed by atoms with Crippen LogP contribution in [0.3, 0.4) is 0 Å². The molecule has 1 saturated heterocycles. The molecule has 0 bridgehead atoms. The number of aromatic nitrogens is 4. The van der Waals surface area contributed by atoms with Gasteiger partial charge in [-0.3, -0.25) is 0 Å². The van der Waals surface area contributed by atoms with Crippen LogP contribution < -0.4 is 0 Å². The van der Waals surface area contributed by atoms with Crippen molar-refractivity contribution in [3.63, 3.8) is 0 Å². The fraction of sp³-hybridized carbons (Fsp3) is 0.737. The van der Waals surface area contributed by atoms with Crippen molar-refractivity contribution in [3.8, 4) is 0 Å². The summed E-state index contributed by atoms with van der Waals surface area (Å²) in [5.74, 6) is 3.24. The van der Waals surface area contributed by atoms with Crippen molar-refractivity contribution in [2.75, 3.05) is 19.6 Å². The molecule has 1 aliphatic heterocycles. The predicted molar refractivity (Wildman–Crippen MR) is 93.1 cm³/mol. The smallest absolute Gasteiger partial charge is 0.177 e. The van der Waals surface area contributed by atoms with E-state index in [0.29, 0.717) is 11.8 Å². The lowest BCUT2D eigenvalue weighted by molar-refractivity contribution is 0.180. The van der Waals surface area contributed by atoms with E-state index in [-0.39, 0.29) is 0 Å². The third-order valence-electron chi connectivity index (χ3n) is 6.25. The molecule has 0 unspecified atom stereocenters. The van der Waals surface area contributed by atoms with Gasteiger partial charge in [-0.15, -0.1) is 10.2 Å². The van der Waals surface area contributed by atoms with Gasteiger partial charge in [-0.25, -0.2) is 0 Å². The maximum atomic E-state index is 4.85. The molecule has 0 spiro atoms. The quantitative estimate of drug-likeness (QED) is 0.864. The molecule has 2 aromatic rings. The summed E-state index contributed by atoms with van der Waals surface area (Å²) in [4.78, 5) is 2.68. The second-order valence-electron chi connectivity index (χ2n) is 8.09. The van der Waals surface area contributed by atoms with Crippen molar-refractivity contribution in [3.05, 3.63) is 23.7 Å². The minimum absolute atomic E-state index is 0.516. The van der Waals surface area contributed by atoms with Crippen LogP contribution in [-0.4, -0.2) is 44.3 Å². The van der Waals surface area contributed by atoms with Crippen molar-refractivity contribution in [1.29, 1.82) is 0 Å². The first-order valence-corrected chi connectivity index (χ1v) is 9.81. The van der Waals surface area contributed by atoms with E-state index < -0.39 is 0 Å². The molecule has 5 rings (SSSR count). The van der Waals surface area contributed by atoms with Crippen molar-refractivity contribution in [2.24, 2.45) is 5.92 Å². The fourth-order valence-corrected chi connectivity index (χ4v) is 4.60. The molecule has 2 aromatic heterocycles. The molecule has 3 fully saturated rings. The standard InChI is InChI=1S/C19H27N5/c1-2-4-14(3-1)13-23-11-9-16(10-12-23)19-21-20-18-8-7-17(15-5-6-15)22-24(18)19/h7-8,14-16H,1-6,9-13H2. The Morgan fingerprint density at radius 2 is 1.67 bits per heavy atom.